The molecule has 1 aliphatic rings. The summed E-state index contributed by atoms with van der Waals surface area (Å²) in [7, 11) is 3.89. The van der Waals surface area contributed by atoms with E-state index in [9.17, 15) is 5.11 Å². The van der Waals surface area contributed by atoms with Gasteiger partial charge < -0.3 is 24.8 Å². The van der Waals surface area contributed by atoms with Gasteiger partial charge in [-0.2, -0.15) is 0 Å². The Bertz CT molecular complexity index is 1390. The molecule has 0 aliphatic carbocycles. The number of aliphatic hydroxyl groups is 1. The summed E-state index contributed by atoms with van der Waals surface area (Å²) in [6, 6.07) is 10.1. The molecule has 0 spiro atoms. The number of nitrogens with one attached hydrogen (secondary N) is 1. The Morgan fingerprint density at radius 1 is 1.26 bits per heavy atom. The van der Waals surface area contributed by atoms with Crippen molar-refractivity contribution in [2.24, 2.45) is 0 Å². The highest BCUT2D eigenvalue weighted by molar-refractivity contribution is 7.97. The summed E-state index contributed by atoms with van der Waals surface area (Å²) in [6.07, 6.45) is 6.80. The fraction of sp³-hybridized carbons (Fsp3) is 0.429. The first-order valence-corrected chi connectivity index (χ1v) is 14.2. The highest BCUT2D eigenvalue weighted by Gasteiger charge is 2.23. The van der Waals surface area contributed by atoms with Gasteiger partial charge in [0.05, 0.1) is 5.69 Å². The minimum atomic E-state index is -0.599. The normalized spacial score (nSPS) is 15.0. The average molecular weight is 550 g/mol. The summed E-state index contributed by atoms with van der Waals surface area (Å²) >= 11 is 1.68. The lowest BCUT2D eigenvalue weighted by Gasteiger charge is -2.32. The van der Waals surface area contributed by atoms with Gasteiger partial charge in [0.1, 0.15) is 30.6 Å². The first-order chi connectivity index (χ1) is 19.1. The summed E-state index contributed by atoms with van der Waals surface area (Å²) in [5.74, 6) is 3.01. The standard InChI is InChI=1S/C28H35N7O3S/c1-4-39-35-16-24(23-15-30-18-31-28(23)35)25-13-26(34(3)20-8-10-37-11-9-20)33-27(32-25)19-6-5-7-22(12-19)38-17-21(36)14-29-2/h5-7,12-13,15-16,18,20-21,29,36H,4,8-11,14,17H2,1-3H3. The SMILES string of the molecule is CCSn1cc(-c2cc(N(C)C3CCOCC3)nc(-c3cccc(OCC(O)CNC)c3)n2)c2cncnc21. The van der Waals surface area contributed by atoms with E-state index in [1.807, 2.05) is 30.5 Å². The monoisotopic (exact) mass is 549 g/mol. The number of rotatable bonds is 11. The maximum absolute atomic E-state index is 10.1. The smallest absolute Gasteiger partial charge is 0.162 e. The Labute approximate surface area is 232 Å². The lowest BCUT2D eigenvalue weighted by Crippen LogP contribution is -2.37. The van der Waals surface area contributed by atoms with Crippen LogP contribution in [0.5, 0.6) is 5.75 Å². The molecule has 11 heteroatoms. The molecule has 206 valence electrons. The minimum Gasteiger partial charge on any atom is -0.491 e. The van der Waals surface area contributed by atoms with E-state index in [-0.39, 0.29) is 6.61 Å². The van der Waals surface area contributed by atoms with Crippen LogP contribution in [0.3, 0.4) is 0 Å². The third-order valence-electron chi connectivity index (χ3n) is 6.77. The third kappa shape index (κ3) is 6.33. The molecule has 0 radical (unpaired) electrons. The van der Waals surface area contributed by atoms with Gasteiger partial charge >= 0.3 is 0 Å². The Morgan fingerprint density at radius 3 is 2.90 bits per heavy atom. The van der Waals surface area contributed by atoms with Crippen molar-refractivity contribution in [3.8, 4) is 28.4 Å². The summed E-state index contributed by atoms with van der Waals surface area (Å²) in [5.41, 5.74) is 3.46. The largest absolute Gasteiger partial charge is 0.491 e. The number of nitrogens with zero attached hydrogens (tertiary/aromatic N) is 6. The Balaban J connectivity index is 1.57. The molecule has 1 saturated heterocycles. The molecule has 2 N–H and O–H groups in total. The zero-order valence-corrected chi connectivity index (χ0v) is 23.4. The van der Waals surface area contributed by atoms with E-state index in [2.05, 4.69) is 50.4 Å². The van der Waals surface area contributed by atoms with Crippen LogP contribution < -0.4 is 15.0 Å². The predicted octanol–water partition coefficient (Wildman–Crippen LogP) is 3.65. The van der Waals surface area contributed by atoms with E-state index >= 15 is 0 Å². The molecular formula is C28H35N7O3S. The number of aliphatic hydroxyl groups excluding tert-OH is 1. The summed E-state index contributed by atoms with van der Waals surface area (Å²) in [5, 5.41) is 14.0. The number of hydrogen-bond donors (Lipinski definition) is 2. The molecule has 3 aromatic heterocycles. The number of fused-ring (bicyclic) bond motifs is 1. The second-order valence-electron chi connectivity index (χ2n) is 9.49. The van der Waals surface area contributed by atoms with E-state index in [4.69, 9.17) is 19.4 Å². The van der Waals surface area contributed by atoms with E-state index in [1.54, 1.807) is 25.3 Å². The van der Waals surface area contributed by atoms with Gasteiger partial charge in [-0.3, -0.25) is 3.97 Å². The maximum Gasteiger partial charge on any atom is 0.162 e. The number of anilines is 1. The summed E-state index contributed by atoms with van der Waals surface area (Å²) < 4.78 is 13.5. The third-order valence-corrected chi connectivity index (χ3v) is 7.58. The van der Waals surface area contributed by atoms with Crippen molar-refractivity contribution >= 4 is 28.8 Å². The highest BCUT2D eigenvalue weighted by Crippen LogP contribution is 2.34. The lowest BCUT2D eigenvalue weighted by molar-refractivity contribution is 0.0853. The molecule has 1 aliphatic heterocycles. The van der Waals surface area contributed by atoms with E-state index in [1.165, 1.54) is 0 Å². The van der Waals surface area contributed by atoms with Crippen LogP contribution in [0, 0.1) is 0 Å². The first kappa shape index (κ1) is 27.3. The molecule has 0 saturated carbocycles. The van der Waals surface area contributed by atoms with Crippen LogP contribution in [0.1, 0.15) is 19.8 Å². The molecule has 0 bridgehead atoms. The fourth-order valence-corrected chi connectivity index (χ4v) is 5.46. The topological polar surface area (TPSA) is 110 Å². The molecule has 39 heavy (non-hydrogen) atoms. The van der Waals surface area contributed by atoms with Crippen molar-refractivity contribution in [3.63, 3.8) is 0 Å². The Kier molecular flexibility index (Phi) is 8.92. The average Bonchev–Trinajstić information content (AvgIpc) is 3.35. The van der Waals surface area contributed by atoms with Gasteiger partial charge in [0.15, 0.2) is 11.5 Å². The molecule has 1 unspecified atom stereocenters. The van der Waals surface area contributed by atoms with Gasteiger partial charge in [-0.05, 0) is 44.0 Å². The van der Waals surface area contributed by atoms with Crippen molar-refractivity contribution in [3.05, 3.63) is 49.1 Å². The molecule has 4 aromatic rings. The number of likely N-dealkylation sites (N-methyl/N-ethyl adjacent to an activating group) is 1. The molecule has 10 nitrogen and oxygen atoms in total. The second-order valence-corrected chi connectivity index (χ2v) is 10.7. The summed E-state index contributed by atoms with van der Waals surface area (Å²) in [6.45, 7) is 4.27. The van der Waals surface area contributed by atoms with Crippen molar-refractivity contribution in [1.29, 1.82) is 0 Å². The van der Waals surface area contributed by atoms with Crippen molar-refractivity contribution in [1.82, 2.24) is 29.2 Å². The van der Waals surface area contributed by atoms with E-state index in [0.717, 1.165) is 65.5 Å². The Hall–Kier alpha value is -3.25. The van der Waals surface area contributed by atoms with Crippen LogP contribution >= 0.6 is 11.9 Å². The number of hydrogen-bond acceptors (Lipinski definition) is 10. The van der Waals surface area contributed by atoms with Gasteiger partial charge in [0.25, 0.3) is 0 Å². The van der Waals surface area contributed by atoms with Crippen molar-refractivity contribution < 1.29 is 14.6 Å². The quantitative estimate of drug-likeness (QED) is 0.288. The number of benzene rings is 1. The zero-order valence-electron chi connectivity index (χ0n) is 22.6. The molecule has 1 aromatic carbocycles. The molecule has 0 amide bonds. The molecule has 5 rings (SSSR count). The van der Waals surface area contributed by atoms with Crippen LogP contribution in [0.4, 0.5) is 5.82 Å². The van der Waals surface area contributed by atoms with Crippen LogP contribution in [0.2, 0.25) is 0 Å². The summed E-state index contributed by atoms with van der Waals surface area (Å²) in [4.78, 5) is 21.1. The van der Waals surface area contributed by atoms with Crippen molar-refractivity contribution in [2.75, 3.05) is 51.1 Å². The van der Waals surface area contributed by atoms with Gasteiger partial charge in [-0.1, -0.05) is 19.1 Å². The molecule has 4 heterocycles. The highest BCUT2D eigenvalue weighted by atomic mass is 32.2. The van der Waals surface area contributed by atoms with E-state index < -0.39 is 6.10 Å². The fourth-order valence-electron chi connectivity index (χ4n) is 4.73. The Morgan fingerprint density at radius 2 is 2.10 bits per heavy atom. The zero-order chi connectivity index (χ0) is 27.2. The van der Waals surface area contributed by atoms with Gasteiger partial charge in [0, 0.05) is 73.6 Å². The van der Waals surface area contributed by atoms with E-state index in [0.29, 0.717) is 24.2 Å². The van der Waals surface area contributed by atoms with Gasteiger partial charge in [0.2, 0.25) is 0 Å². The molecule has 1 atom stereocenters. The van der Waals surface area contributed by atoms with Gasteiger partial charge in [-0.25, -0.2) is 19.9 Å². The first-order valence-electron chi connectivity index (χ1n) is 13.3. The number of aromatic nitrogens is 5. The van der Waals surface area contributed by atoms with Gasteiger partial charge in [-0.15, -0.1) is 0 Å². The predicted molar refractivity (Wildman–Crippen MR) is 155 cm³/mol. The van der Waals surface area contributed by atoms with Crippen LogP contribution in [-0.4, -0.2) is 87.4 Å². The molecular weight excluding hydrogens is 514 g/mol. The van der Waals surface area contributed by atoms with Crippen LogP contribution in [-0.2, 0) is 4.74 Å². The molecule has 1 fully saturated rings. The minimum absolute atomic E-state index is 0.192. The lowest BCUT2D eigenvalue weighted by atomic mass is 10.1. The van der Waals surface area contributed by atoms with Crippen LogP contribution in [0.15, 0.2) is 49.1 Å². The number of ether oxygens (including phenoxy) is 2. The van der Waals surface area contributed by atoms with Crippen molar-refractivity contribution in [2.45, 2.75) is 31.9 Å². The maximum atomic E-state index is 10.1. The second kappa shape index (κ2) is 12.7. The van der Waals surface area contributed by atoms with Crippen LogP contribution in [0.25, 0.3) is 33.7 Å².